The molecule has 0 spiro atoms. The molecule has 7 rings (SSSR count). The minimum Gasteiger partial charge on any atom is -0.508 e. The summed E-state index contributed by atoms with van der Waals surface area (Å²) in [7, 11) is 3.25. The third kappa shape index (κ3) is 6.95. The molecule has 4 N–H and O–H groups in total. The summed E-state index contributed by atoms with van der Waals surface area (Å²) in [5.41, 5.74) is 4.54. The van der Waals surface area contributed by atoms with Crippen LogP contribution >= 0.6 is 0 Å². The Kier molecular flexibility index (Phi) is 10.1. The number of aromatic hydroxyl groups is 2. The van der Waals surface area contributed by atoms with Crippen LogP contribution < -0.4 is 18.9 Å². The van der Waals surface area contributed by atoms with E-state index in [9.17, 15) is 20.4 Å². The summed E-state index contributed by atoms with van der Waals surface area (Å²) < 4.78 is 30.5. The van der Waals surface area contributed by atoms with Crippen molar-refractivity contribution in [2.75, 3.05) is 27.4 Å². The molecule has 1 fully saturated rings. The fourth-order valence-corrected chi connectivity index (χ4v) is 8.02. The lowest BCUT2D eigenvalue weighted by molar-refractivity contribution is -0.0889. The van der Waals surface area contributed by atoms with Gasteiger partial charge in [0.1, 0.15) is 40.6 Å². The molecule has 4 aromatic carbocycles. The van der Waals surface area contributed by atoms with Gasteiger partial charge in [-0.05, 0) is 110 Å². The summed E-state index contributed by atoms with van der Waals surface area (Å²) in [6, 6.07) is 21.6. The predicted molar refractivity (Wildman–Crippen MR) is 188 cm³/mol. The van der Waals surface area contributed by atoms with Gasteiger partial charge in [-0.2, -0.15) is 0 Å². The lowest BCUT2D eigenvalue weighted by atomic mass is 9.72. The molecule has 4 aromatic rings. The van der Waals surface area contributed by atoms with Crippen molar-refractivity contribution < 1.29 is 44.1 Å². The van der Waals surface area contributed by atoms with Crippen molar-refractivity contribution >= 4 is 0 Å². The number of hydrogen-bond donors (Lipinski definition) is 4. The van der Waals surface area contributed by atoms with Crippen LogP contribution in [0.5, 0.6) is 34.5 Å². The molecule has 2 heterocycles. The number of phenolic OH excluding ortho intramolecular Hbond substituents is 2. The summed E-state index contributed by atoms with van der Waals surface area (Å²) in [6.07, 6.45) is 3.69. The molecule has 9 heteroatoms. The Hall–Kier alpha value is -4.44. The summed E-state index contributed by atoms with van der Waals surface area (Å²) in [6.45, 7) is 0.712. The summed E-state index contributed by atoms with van der Waals surface area (Å²) in [5.74, 6) is 1.74. The van der Waals surface area contributed by atoms with Gasteiger partial charge >= 0.3 is 0 Å². The van der Waals surface area contributed by atoms with E-state index >= 15 is 0 Å². The standard InChI is InChI=1S/C41H46O9/c1-46-16-6-11-37-38(40(45)33-21-30(47-2)13-15-36(33)50-37)35-23-48-41-26(20-31(22-34(41)39(35)44)49-29-9-3-4-10-29)17-25-19-28(43)12-14-32(25)24-7-5-8-27(42)18-24/h5,7-8,12-15,18-22,29,35,37-40,42-45H,3-4,6,9-11,16-17,23H2,1-2H3/t35-,37-,38-,39-,40+/m1/s1. The Bertz CT molecular complexity index is 1800. The Balaban J connectivity index is 1.27. The van der Waals surface area contributed by atoms with E-state index in [4.69, 9.17) is 23.7 Å². The van der Waals surface area contributed by atoms with Gasteiger partial charge in [0, 0.05) is 48.7 Å². The van der Waals surface area contributed by atoms with Crippen molar-refractivity contribution in [1.82, 2.24) is 0 Å². The Morgan fingerprint density at radius 2 is 1.60 bits per heavy atom. The number of aliphatic hydroxyl groups is 2. The molecular weight excluding hydrogens is 636 g/mol. The SMILES string of the molecule is COCCC[C@H]1Oc2ccc(OC)cc2[C@H](O)[C@@H]1[C@H]1COc2c(Cc3cc(O)ccc3-c3cccc(O)c3)cc(OC3CCCC3)cc2[C@H]1O. The second-order valence-corrected chi connectivity index (χ2v) is 13.7. The number of methoxy groups -OCH3 is 2. The maximum Gasteiger partial charge on any atom is 0.128 e. The van der Waals surface area contributed by atoms with Crippen LogP contribution in [-0.2, 0) is 11.2 Å². The molecule has 264 valence electrons. The van der Waals surface area contributed by atoms with E-state index in [-0.39, 0.29) is 30.3 Å². The molecule has 50 heavy (non-hydrogen) atoms. The van der Waals surface area contributed by atoms with Gasteiger partial charge in [0.15, 0.2) is 0 Å². The van der Waals surface area contributed by atoms with Gasteiger partial charge in [-0.1, -0.05) is 18.2 Å². The normalized spacial score (nSPS) is 23.0. The molecule has 0 unspecified atom stereocenters. The van der Waals surface area contributed by atoms with Gasteiger partial charge in [0.2, 0.25) is 0 Å². The zero-order chi connectivity index (χ0) is 34.8. The molecule has 0 aromatic heterocycles. The number of aliphatic hydroxyl groups excluding tert-OH is 2. The highest BCUT2D eigenvalue weighted by molar-refractivity contribution is 5.70. The lowest BCUT2D eigenvalue weighted by Crippen LogP contribution is -2.46. The fourth-order valence-electron chi connectivity index (χ4n) is 8.02. The van der Waals surface area contributed by atoms with Crippen LogP contribution in [0.15, 0.2) is 72.8 Å². The molecule has 0 amide bonds. The van der Waals surface area contributed by atoms with E-state index in [1.54, 1.807) is 50.6 Å². The van der Waals surface area contributed by atoms with Gasteiger partial charge in [0.25, 0.3) is 0 Å². The number of hydrogen-bond acceptors (Lipinski definition) is 9. The smallest absolute Gasteiger partial charge is 0.128 e. The number of benzene rings is 4. The molecule has 9 nitrogen and oxygen atoms in total. The lowest BCUT2D eigenvalue weighted by Gasteiger charge is -2.45. The first-order valence-electron chi connectivity index (χ1n) is 17.6. The van der Waals surface area contributed by atoms with E-state index in [1.165, 1.54) is 0 Å². The third-order valence-electron chi connectivity index (χ3n) is 10.5. The minimum absolute atomic E-state index is 0.0900. The first-order chi connectivity index (χ1) is 24.3. The van der Waals surface area contributed by atoms with E-state index in [0.29, 0.717) is 53.6 Å². The van der Waals surface area contributed by atoms with Crippen molar-refractivity contribution in [1.29, 1.82) is 0 Å². The topological polar surface area (TPSA) is 127 Å². The third-order valence-corrected chi connectivity index (χ3v) is 10.5. The van der Waals surface area contributed by atoms with Gasteiger partial charge in [-0.25, -0.2) is 0 Å². The number of phenols is 2. The van der Waals surface area contributed by atoms with Crippen LogP contribution in [-0.4, -0.2) is 60.1 Å². The highest BCUT2D eigenvalue weighted by Gasteiger charge is 2.47. The Morgan fingerprint density at radius 3 is 2.38 bits per heavy atom. The van der Waals surface area contributed by atoms with Crippen LogP contribution in [0.25, 0.3) is 11.1 Å². The highest BCUT2D eigenvalue weighted by Crippen LogP contribution is 2.51. The molecular formula is C41H46O9. The molecule has 2 aliphatic heterocycles. The number of rotatable bonds is 11. The second-order valence-electron chi connectivity index (χ2n) is 13.7. The summed E-state index contributed by atoms with van der Waals surface area (Å²) in [4.78, 5) is 0. The first kappa shape index (κ1) is 34.0. The van der Waals surface area contributed by atoms with E-state index < -0.39 is 24.0 Å². The summed E-state index contributed by atoms with van der Waals surface area (Å²) >= 11 is 0. The van der Waals surface area contributed by atoms with E-state index in [0.717, 1.165) is 54.4 Å². The summed E-state index contributed by atoms with van der Waals surface area (Å²) in [5, 5.41) is 45.0. The molecule has 0 radical (unpaired) electrons. The number of ether oxygens (including phenoxy) is 5. The van der Waals surface area contributed by atoms with E-state index in [2.05, 4.69) is 0 Å². The van der Waals surface area contributed by atoms with Gasteiger partial charge in [0.05, 0.1) is 32.0 Å². The largest absolute Gasteiger partial charge is 0.508 e. The average molecular weight is 683 g/mol. The van der Waals surface area contributed by atoms with Crippen molar-refractivity contribution in [3.8, 4) is 45.6 Å². The minimum atomic E-state index is -0.986. The predicted octanol–water partition coefficient (Wildman–Crippen LogP) is 7.27. The first-order valence-corrected chi connectivity index (χ1v) is 17.6. The van der Waals surface area contributed by atoms with Gasteiger partial charge < -0.3 is 44.1 Å². The Morgan fingerprint density at radius 1 is 0.800 bits per heavy atom. The fraction of sp³-hybridized carbons (Fsp3) is 0.415. The number of fused-ring (bicyclic) bond motifs is 2. The van der Waals surface area contributed by atoms with E-state index in [1.807, 2.05) is 36.4 Å². The van der Waals surface area contributed by atoms with Crippen LogP contribution in [0.1, 0.15) is 73.0 Å². The molecule has 1 aliphatic carbocycles. The molecule has 1 saturated carbocycles. The maximum absolute atomic E-state index is 12.3. The van der Waals surface area contributed by atoms with Gasteiger partial charge in [-0.3, -0.25) is 0 Å². The molecule has 0 saturated heterocycles. The molecule has 3 aliphatic rings. The molecule has 5 atom stereocenters. The zero-order valence-electron chi connectivity index (χ0n) is 28.6. The maximum atomic E-state index is 12.3. The monoisotopic (exact) mass is 682 g/mol. The van der Waals surface area contributed by atoms with Crippen molar-refractivity contribution in [3.63, 3.8) is 0 Å². The van der Waals surface area contributed by atoms with Crippen LogP contribution in [0, 0.1) is 11.8 Å². The highest BCUT2D eigenvalue weighted by atomic mass is 16.5. The van der Waals surface area contributed by atoms with Crippen molar-refractivity contribution in [2.24, 2.45) is 11.8 Å². The quantitative estimate of drug-likeness (QED) is 0.121. The molecule has 0 bridgehead atoms. The van der Waals surface area contributed by atoms with Crippen LogP contribution in [0.2, 0.25) is 0 Å². The van der Waals surface area contributed by atoms with Gasteiger partial charge in [-0.15, -0.1) is 0 Å². The average Bonchev–Trinajstić information content (AvgIpc) is 3.62. The van der Waals surface area contributed by atoms with Crippen LogP contribution in [0.4, 0.5) is 0 Å². The Labute approximate surface area is 293 Å². The zero-order valence-corrected chi connectivity index (χ0v) is 28.6. The van der Waals surface area contributed by atoms with Crippen molar-refractivity contribution in [3.05, 3.63) is 95.1 Å². The second kappa shape index (κ2) is 14.8. The van der Waals surface area contributed by atoms with Crippen molar-refractivity contribution in [2.45, 2.75) is 69.4 Å². The van der Waals surface area contributed by atoms with Crippen LogP contribution in [0.3, 0.4) is 0 Å².